The lowest BCUT2D eigenvalue weighted by atomic mass is 10.1. The zero-order valence-electron chi connectivity index (χ0n) is 19.6. The Kier molecular flexibility index (Phi) is 7.15. The first-order valence-corrected chi connectivity index (χ1v) is 13.1. The smallest absolute Gasteiger partial charge is 0.291 e. The minimum atomic E-state index is -2.83. The van der Waals surface area contributed by atoms with Gasteiger partial charge in [-0.2, -0.15) is 0 Å². The molecule has 5 rings (SSSR count). The number of carbonyl (C=O) groups is 2. The summed E-state index contributed by atoms with van der Waals surface area (Å²) in [7, 11) is 0. The van der Waals surface area contributed by atoms with E-state index >= 15 is 0 Å². The van der Waals surface area contributed by atoms with Crippen LogP contribution in [0.15, 0.2) is 59.0 Å². The maximum Gasteiger partial charge on any atom is 0.291 e. The van der Waals surface area contributed by atoms with Crippen LogP contribution >= 0.6 is 34.3 Å². The number of nitrogens with one attached hydrogen (secondary N) is 1. The van der Waals surface area contributed by atoms with Crippen LogP contribution in [0.3, 0.4) is 0 Å². The first-order chi connectivity index (χ1) is 18.2. The van der Waals surface area contributed by atoms with Crippen LogP contribution in [0.5, 0.6) is 5.75 Å². The average molecular weight is 574 g/mol. The van der Waals surface area contributed by atoms with Crippen molar-refractivity contribution in [3.05, 3.63) is 86.6 Å². The van der Waals surface area contributed by atoms with Gasteiger partial charge in [0.25, 0.3) is 18.2 Å². The number of benzene rings is 1. The largest absolute Gasteiger partial charge is 0.484 e. The summed E-state index contributed by atoms with van der Waals surface area (Å²) in [6, 6.07) is 14.9. The van der Waals surface area contributed by atoms with Crippen molar-refractivity contribution in [2.75, 3.05) is 5.32 Å². The van der Waals surface area contributed by atoms with Gasteiger partial charge in [0, 0.05) is 20.7 Å². The number of para-hydroxylation sites is 1. The summed E-state index contributed by atoms with van der Waals surface area (Å²) in [5, 5.41) is 3.46. The Morgan fingerprint density at radius 2 is 1.95 bits per heavy atom. The number of fused-ring (bicyclic) bond motifs is 1. The van der Waals surface area contributed by atoms with Crippen molar-refractivity contribution in [2.45, 2.75) is 20.0 Å². The molecule has 0 unspecified atom stereocenters. The number of halogens is 3. The van der Waals surface area contributed by atoms with Crippen LogP contribution in [0.1, 0.15) is 43.0 Å². The van der Waals surface area contributed by atoms with E-state index in [9.17, 15) is 18.4 Å². The Balaban J connectivity index is 1.50. The van der Waals surface area contributed by atoms with Gasteiger partial charge in [-0.1, -0.05) is 23.7 Å². The van der Waals surface area contributed by atoms with E-state index < -0.39 is 23.9 Å². The van der Waals surface area contributed by atoms with Crippen LogP contribution in [0, 0.1) is 6.92 Å². The minimum absolute atomic E-state index is 0.0179. The zero-order valence-corrected chi connectivity index (χ0v) is 22.0. The Hall–Kier alpha value is -3.80. The van der Waals surface area contributed by atoms with Gasteiger partial charge < -0.3 is 20.2 Å². The first-order valence-electron chi connectivity index (χ1n) is 11.1. The standard InChI is InChI=1S/C26H18ClF2N3O4S2/c1-12-6-9-19(37-12)14-10-16(23(28)29)31-26-20(14)21(22(38-26)24(30)33)32-25(34)18-8-7-13(36-18)11-35-17-5-3-2-4-15(17)27/h2-10,23H,11H2,1H3,(H2,30,33)(H,32,34). The number of hydrogen-bond acceptors (Lipinski definition) is 7. The Bertz CT molecular complexity index is 1680. The van der Waals surface area contributed by atoms with Crippen molar-refractivity contribution in [1.82, 2.24) is 4.98 Å². The Labute approximate surface area is 227 Å². The van der Waals surface area contributed by atoms with E-state index in [1.54, 1.807) is 36.4 Å². The molecule has 0 radical (unpaired) electrons. The molecule has 4 heterocycles. The number of nitrogens with zero attached hydrogens (tertiary/aromatic N) is 1. The lowest BCUT2D eigenvalue weighted by Gasteiger charge is -2.09. The SMILES string of the molecule is Cc1ccc(-c2cc(C(F)F)nc3sc(C(N)=O)c(NC(=O)c4ccc(COc5ccccc5Cl)o4)c23)s1. The lowest BCUT2D eigenvalue weighted by Crippen LogP contribution is -2.16. The van der Waals surface area contributed by atoms with Gasteiger partial charge in [-0.25, -0.2) is 13.8 Å². The zero-order chi connectivity index (χ0) is 27.0. The van der Waals surface area contributed by atoms with Crippen LogP contribution in [-0.2, 0) is 6.61 Å². The van der Waals surface area contributed by atoms with Crippen LogP contribution in [0.2, 0.25) is 5.02 Å². The molecule has 0 bridgehead atoms. The minimum Gasteiger partial charge on any atom is -0.484 e. The van der Waals surface area contributed by atoms with Crippen molar-refractivity contribution in [3.8, 4) is 16.2 Å². The van der Waals surface area contributed by atoms with Gasteiger partial charge in [0.05, 0.1) is 10.7 Å². The third-order valence-electron chi connectivity index (χ3n) is 5.47. The number of rotatable bonds is 8. The highest BCUT2D eigenvalue weighted by Crippen LogP contribution is 2.44. The number of hydrogen-bond donors (Lipinski definition) is 2. The van der Waals surface area contributed by atoms with Crippen molar-refractivity contribution in [1.29, 1.82) is 0 Å². The van der Waals surface area contributed by atoms with Gasteiger partial charge in [0.15, 0.2) is 5.76 Å². The number of amides is 2. The molecule has 0 saturated heterocycles. The molecule has 5 aromatic rings. The van der Waals surface area contributed by atoms with Crippen LogP contribution in [0.25, 0.3) is 20.7 Å². The number of pyridine rings is 1. The summed E-state index contributed by atoms with van der Waals surface area (Å²) in [6.45, 7) is 1.91. The average Bonchev–Trinajstić information content (AvgIpc) is 3.62. The summed E-state index contributed by atoms with van der Waals surface area (Å²) in [5.41, 5.74) is 5.65. The number of carbonyl (C=O) groups excluding carboxylic acids is 2. The van der Waals surface area contributed by atoms with Crippen molar-refractivity contribution in [2.24, 2.45) is 5.73 Å². The highest BCUT2D eigenvalue weighted by atomic mass is 35.5. The molecule has 0 aliphatic rings. The van der Waals surface area contributed by atoms with Crippen LogP contribution in [0.4, 0.5) is 14.5 Å². The lowest BCUT2D eigenvalue weighted by molar-refractivity contribution is 0.0992. The van der Waals surface area contributed by atoms with E-state index in [0.29, 0.717) is 32.4 Å². The summed E-state index contributed by atoms with van der Waals surface area (Å²) in [6.07, 6.45) is -2.83. The van der Waals surface area contributed by atoms with Crippen LogP contribution in [-0.4, -0.2) is 16.8 Å². The number of ether oxygens (including phenoxy) is 1. The summed E-state index contributed by atoms with van der Waals surface area (Å²) in [4.78, 5) is 31.2. The fourth-order valence-corrected chi connectivity index (χ4v) is 5.85. The van der Waals surface area contributed by atoms with E-state index in [-0.39, 0.29) is 27.8 Å². The number of anilines is 1. The number of thiophene rings is 2. The maximum atomic E-state index is 13.6. The van der Waals surface area contributed by atoms with E-state index in [0.717, 1.165) is 16.2 Å². The monoisotopic (exact) mass is 573 g/mol. The van der Waals surface area contributed by atoms with Crippen LogP contribution < -0.4 is 15.8 Å². The number of nitrogens with two attached hydrogens (primary N) is 1. The molecular formula is C26H18ClF2N3O4S2. The predicted octanol–water partition coefficient (Wildman–Crippen LogP) is 7.45. The molecule has 2 amide bonds. The third-order valence-corrected chi connectivity index (χ3v) is 7.91. The van der Waals surface area contributed by atoms with Gasteiger partial charge in [-0.05, 0) is 49.4 Å². The second-order valence-electron chi connectivity index (χ2n) is 8.10. The van der Waals surface area contributed by atoms with Crippen molar-refractivity contribution >= 4 is 62.0 Å². The van der Waals surface area contributed by atoms with E-state index in [2.05, 4.69) is 10.3 Å². The first kappa shape index (κ1) is 25.8. The Morgan fingerprint density at radius 3 is 2.63 bits per heavy atom. The fourth-order valence-electron chi connectivity index (χ4n) is 3.76. The number of aromatic nitrogens is 1. The van der Waals surface area contributed by atoms with Crippen molar-refractivity contribution in [3.63, 3.8) is 0 Å². The summed E-state index contributed by atoms with van der Waals surface area (Å²) >= 11 is 8.32. The molecule has 12 heteroatoms. The fraction of sp³-hybridized carbons (Fsp3) is 0.115. The van der Waals surface area contributed by atoms with Gasteiger partial charge in [-0.15, -0.1) is 22.7 Å². The summed E-state index contributed by atoms with van der Waals surface area (Å²) in [5.74, 6) is -0.730. The third kappa shape index (κ3) is 5.13. The number of furan rings is 1. The predicted molar refractivity (Wildman–Crippen MR) is 144 cm³/mol. The number of primary amides is 1. The molecule has 0 spiro atoms. The molecule has 38 heavy (non-hydrogen) atoms. The normalized spacial score (nSPS) is 11.3. The molecule has 0 aliphatic carbocycles. The molecule has 1 aromatic carbocycles. The molecular weight excluding hydrogens is 556 g/mol. The molecule has 0 fully saturated rings. The Morgan fingerprint density at radius 1 is 1.16 bits per heavy atom. The van der Waals surface area contributed by atoms with Gasteiger partial charge >= 0.3 is 0 Å². The molecule has 7 nitrogen and oxygen atoms in total. The van der Waals surface area contributed by atoms with Gasteiger partial charge in [-0.3, -0.25) is 9.59 Å². The molecule has 0 saturated carbocycles. The molecule has 0 atom stereocenters. The second-order valence-corrected chi connectivity index (χ2v) is 10.8. The van der Waals surface area contributed by atoms with Gasteiger partial charge in [0.1, 0.15) is 33.5 Å². The molecule has 4 aromatic heterocycles. The van der Waals surface area contributed by atoms with Gasteiger partial charge in [0.2, 0.25) is 0 Å². The van der Waals surface area contributed by atoms with E-state index in [1.165, 1.54) is 23.5 Å². The highest BCUT2D eigenvalue weighted by molar-refractivity contribution is 7.21. The van der Waals surface area contributed by atoms with E-state index in [4.69, 9.17) is 26.5 Å². The number of aryl methyl sites for hydroxylation is 1. The molecule has 3 N–H and O–H groups in total. The van der Waals surface area contributed by atoms with E-state index in [1.807, 2.05) is 13.0 Å². The topological polar surface area (TPSA) is 107 Å². The maximum absolute atomic E-state index is 13.6. The van der Waals surface area contributed by atoms with Crippen molar-refractivity contribution < 1.29 is 27.5 Å². The highest BCUT2D eigenvalue weighted by Gasteiger charge is 2.26. The molecule has 0 aliphatic heterocycles. The molecule has 194 valence electrons. The summed E-state index contributed by atoms with van der Waals surface area (Å²) < 4.78 is 38.6. The second kappa shape index (κ2) is 10.5. The quantitative estimate of drug-likeness (QED) is 0.200. The number of alkyl halides is 2.